The second kappa shape index (κ2) is 16.0. The molecule has 0 amide bonds. The summed E-state index contributed by atoms with van der Waals surface area (Å²) in [6.07, 6.45) is -3.95. The predicted molar refractivity (Wildman–Crippen MR) is 101 cm³/mol. The number of nitriles is 4. The van der Waals surface area contributed by atoms with E-state index in [0.717, 1.165) is 0 Å². The molecule has 11 nitrogen and oxygen atoms in total. The molecule has 0 aliphatic carbocycles. The van der Waals surface area contributed by atoms with Crippen molar-refractivity contribution in [3.8, 4) is 24.3 Å². The van der Waals surface area contributed by atoms with E-state index < -0.39 is 36.7 Å². The maximum absolute atomic E-state index is 11.6. The Morgan fingerprint density at radius 3 is 1.77 bits per heavy atom. The van der Waals surface area contributed by atoms with Crippen molar-refractivity contribution >= 4 is 5.97 Å². The molecule has 1 aliphatic heterocycles. The fraction of sp³-hybridized carbons (Fsp3) is 0.750. The minimum absolute atomic E-state index is 0.0136. The highest BCUT2D eigenvalue weighted by atomic mass is 16.7. The normalized spacial score (nSPS) is 24.9. The van der Waals surface area contributed by atoms with Crippen LogP contribution < -0.4 is 0 Å². The molecule has 0 aromatic rings. The van der Waals surface area contributed by atoms with Gasteiger partial charge in [0.1, 0.15) is 24.4 Å². The zero-order valence-electron chi connectivity index (χ0n) is 17.4. The van der Waals surface area contributed by atoms with Gasteiger partial charge in [0.25, 0.3) is 0 Å². The van der Waals surface area contributed by atoms with Crippen LogP contribution in [0.4, 0.5) is 0 Å². The Kier molecular flexibility index (Phi) is 13.5. The first-order valence-corrected chi connectivity index (χ1v) is 9.82. The molecule has 1 rings (SSSR count). The van der Waals surface area contributed by atoms with Gasteiger partial charge in [0.05, 0.1) is 83.0 Å². The fourth-order valence-electron chi connectivity index (χ4n) is 2.88. The van der Waals surface area contributed by atoms with E-state index in [9.17, 15) is 4.79 Å². The van der Waals surface area contributed by atoms with Crippen molar-refractivity contribution in [2.45, 2.75) is 63.3 Å². The average Bonchev–Trinajstić information content (AvgIpc) is 2.74. The van der Waals surface area contributed by atoms with E-state index in [4.69, 9.17) is 49.5 Å². The first-order chi connectivity index (χ1) is 15.1. The van der Waals surface area contributed by atoms with Gasteiger partial charge in [0.15, 0.2) is 0 Å². The Bertz CT molecular complexity index is 706. The molecule has 0 saturated carbocycles. The molecule has 1 fully saturated rings. The number of carbonyl (C=O) groups excluding carboxylic acids is 1. The van der Waals surface area contributed by atoms with Crippen LogP contribution >= 0.6 is 0 Å². The van der Waals surface area contributed by atoms with Crippen LogP contribution in [0.25, 0.3) is 0 Å². The van der Waals surface area contributed by atoms with Crippen LogP contribution in [-0.4, -0.2) is 69.7 Å². The zero-order valence-corrected chi connectivity index (χ0v) is 17.4. The first kappa shape index (κ1) is 26.3. The molecule has 0 N–H and O–H groups in total. The quantitative estimate of drug-likeness (QED) is 0.283. The number of hydrogen-bond acceptors (Lipinski definition) is 11. The lowest BCUT2D eigenvalue weighted by molar-refractivity contribution is -0.314. The molecule has 1 heterocycles. The molecule has 0 spiro atoms. The highest BCUT2D eigenvalue weighted by Gasteiger charge is 2.49. The average molecular weight is 434 g/mol. The topological polar surface area (TPSA) is 168 Å². The summed E-state index contributed by atoms with van der Waals surface area (Å²) in [6.45, 7) is 1.58. The van der Waals surface area contributed by atoms with Gasteiger partial charge < -0.3 is 28.4 Å². The number of carbonyl (C=O) groups is 1. The second-order valence-corrected chi connectivity index (χ2v) is 6.37. The van der Waals surface area contributed by atoms with E-state index in [-0.39, 0.29) is 58.7 Å². The van der Waals surface area contributed by atoms with E-state index in [2.05, 4.69) is 0 Å². The molecule has 1 aliphatic rings. The van der Waals surface area contributed by atoms with Gasteiger partial charge in [0.2, 0.25) is 6.29 Å². The predicted octanol–water partition coefficient (Wildman–Crippen LogP) is 1.10. The fourth-order valence-corrected chi connectivity index (χ4v) is 2.88. The maximum atomic E-state index is 11.6. The number of ether oxygens (including phenoxy) is 6. The Balaban J connectivity index is 3.12. The standard InChI is InChI=1S/C20H26N4O7/c1-15(25)30-20-19(29-13-5-9-24)18(28-12-4-8-23)17(27-11-3-7-22)16(31-20)14-26-10-2-6-21/h16-20H,2-5,10-14H2,1H3/t16-,17-,18+,19-,20+/m1/s1. The van der Waals surface area contributed by atoms with Gasteiger partial charge in [-0.15, -0.1) is 0 Å². The largest absolute Gasteiger partial charge is 0.433 e. The van der Waals surface area contributed by atoms with Gasteiger partial charge in [0, 0.05) is 6.92 Å². The molecular weight excluding hydrogens is 408 g/mol. The third-order valence-corrected chi connectivity index (χ3v) is 4.09. The number of esters is 1. The van der Waals surface area contributed by atoms with Gasteiger partial charge in [-0.2, -0.15) is 21.0 Å². The van der Waals surface area contributed by atoms with Crippen molar-refractivity contribution in [1.29, 1.82) is 21.0 Å². The van der Waals surface area contributed by atoms with Gasteiger partial charge in [-0.25, -0.2) is 0 Å². The summed E-state index contributed by atoms with van der Waals surface area (Å²) >= 11 is 0. The van der Waals surface area contributed by atoms with Gasteiger partial charge in [-0.3, -0.25) is 4.79 Å². The van der Waals surface area contributed by atoms with E-state index in [0.29, 0.717) is 0 Å². The molecule has 0 unspecified atom stereocenters. The van der Waals surface area contributed by atoms with Crippen LogP contribution in [0.15, 0.2) is 0 Å². The van der Waals surface area contributed by atoms with Crippen LogP contribution in [0.1, 0.15) is 32.6 Å². The summed E-state index contributed by atoms with van der Waals surface area (Å²) in [5.41, 5.74) is 0. The molecule has 0 bridgehead atoms. The van der Waals surface area contributed by atoms with Gasteiger partial charge in [-0.05, 0) is 0 Å². The van der Waals surface area contributed by atoms with E-state index in [1.54, 1.807) is 0 Å². The molecule has 11 heteroatoms. The third-order valence-electron chi connectivity index (χ3n) is 4.09. The Morgan fingerprint density at radius 1 is 0.774 bits per heavy atom. The lowest BCUT2D eigenvalue weighted by Gasteiger charge is -2.45. The van der Waals surface area contributed by atoms with Crippen LogP contribution in [0, 0.1) is 45.3 Å². The molecule has 31 heavy (non-hydrogen) atoms. The smallest absolute Gasteiger partial charge is 0.305 e. The van der Waals surface area contributed by atoms with E-state index in [1.165, 1.54) is 6.92 Å². The minimum atomic E-state index is -1.16. The van der Waals surface area contributed by atoms with Crippen molar-refractivity contribution in [3.05, 3.63) is 0 Å². The Morgan fingerprint density at radius 2 is 1.26 bits per heavy atom. The number of hydrogen-bond donors (Lipinski definition) is 0. The van der Waals surface area contributed by atoms with Gasteiger partial charge >= 0.3 is 5.97 Å². The monoisotopic (exact) mass is 434 g/mol. The lowest BCUT2D eigenvalue weighted by Crippen LogP contribution is -2.62. The van der Waals surface area contributed by atoms with Crippen molar-refractivity contribution in [2.24, 2.45) is 0 Å². The highest BCUT2D eigenvalue weighted by Crippen LogP contribution is 2.30. The summed E-state index contributed by atoms with van der Waals surface area (Å²) in [4.78, 5) is 11.6. The molecule has 0 aromatic carbocycles. The van der Waals surface area contributed by atoms with Crippen LogP contribution in [0.3, 0.4) is 0 Å². The minimum Gasteiger partial charge on any atom is -0.433 e. The summed E-state index contributed by atoms with van der Waals surface area (Å²) in [5, 5.41) is 35.2. The Hall–Kier alpha value is -2.77. The van der Waals surface area contributed by atoms with Gasteiger partial charge in [-0.1, -0.05) is 0 Å². The molecule has 1 saturated heterocycles. The van der Waals surface area contributed by atoms with Crippen molar-refractivity contribution in [2.75, 3.05) is 33.0 Å². The summed E-state index contributed by atoms with van der Waals surface area (Å²) in [6, 6.07) is 7.89. The SMILES string of the molecule is CC(=O)O[C@H]1O[C@H](COCCC#N)[C@@H](OCCC#N)[C@H](OCCC#N)[C@H]1OCCC#N. The number of rotatable bonds is 14. The third kappa shape index (κ3) is 9.72. The molecule has 0 radical (unpaired) electrons. The highest BCUT2D eigenvalue weighted by molar-refractivity contribution is 5.66. The molecule has 0 aromatic heterocycles. The van der Waals surface area contributed by atoms with E-state index >= 15 is 0 Å². The van der Waals surface area contributed by atoms with Crippen LogP contribution in [0.5, 0.6) is 0 Å². The lowest BCUT2D eigenvalue weighted by atomic mass is 9.98. The maximum Gasteiger partial charge on any atom is 0.305 e. The summed E-state index contributed by atoms with van der Waals surface area (Å²) < 4.78 is 34.1. The first-order valence-electron chi connectivity index (χ1n) is 9.82. The molecule has 5 atom stereocenters. The molecule has 168 valence electrons. The summed E-state index contributed by atoms with van der Waals surface area (Å²) in [5.74, 6) is -0.609. The van der Waals surface area contributed by atoms with Crippen LogP contribution in [-0.2, 0) is 33.2 Å². The number of nitrogens with zero attached hydrogens (tertiary/aromatic N) is 4. The van der Waals surface area contributed by atoms with Crippen molar-refractivity contribution < 1.29 is 33.2 Å². The molecular formula is C20H26N4O7. The van der Waals surface area contributed by atoms with Crippen molar-refractivity contribution in [3.63, 3.8) is 0 Å². The Labute approximate surface area is 181 Å². The zero-order chi connectivity index (χ0) is 22.9. The van der Waals surface area contributed by atoms with Crippen LogP contribution in [0.2, 0.25) is 0 Å². The second-order valence-electron chi connectivity index (χ2n) is 6.37. The summed E-state index contributed by atoms with van der Waals surface area (Å²) in [7, 11) is 0. The van der Waals surface area contributed by atoms with E-state index in [1.807, 2.05) is 24.3 Å². The van der Waals surface area contributed by atoms with Crippen molar-refractivity contribution in [1.82, 2.24) is 0 Å².